The van der Waals surface area contributed by atoms with Crippen LogP contribution in [0, 0.1) is 21.4 Å². The Balaban J connectivity index is 1.91. The SMILES string of the molecule is N#CCc1ccc(NC(=O)c2cc3cc([N+](=O)[O-])ccc3c(=O)o2)cc1. The van der Waals surface area contributed by atoms with E-state index in [1.54, 1.807) is 24.3 Å². The van der Waals surface area contributed by atoms with Gasteiger partial charge in [0, 0.05) is 17.8 Å². The fraction of sp³-hybridized carbons (Fsp3) is 0.0556. The number of carbonyl (C=O) groups excluding carboxylic acids is 1. The molecule has 1 N–H and O–H groups in total. The Morgan fingerprint density at radius 2 is 1.92 bits per heavy atom. The van der Waals surface area contributed by atoms with Crippen LogP contribution in [-0.4, -0.2) is 10.8 Å². The van der Waals surface area contributed by atoms with Crippen LogP contribution in [0.1, 0.15) is 16.1 Å². The lowest BCUT2D eigenvalue weighted by Gasteiger charge is -2.06. The molecule has 0 fully saturated rings. The van der Waals surface area contributed by atoms with Gasteiger partial charge < -0.3 is 9.73 Å². The number of carbonyl (C=O) groups is 1. The molecule has 0 spiro atoms. The minimum atomic E-state index is -0.757. The lowest BCUT2D eigenvalue weighted by atomic mass is 10.1. The number of hydrogen-bond acceptors (Lipinski definition) is 6. The first-order chi connectivity index (χ1) is 12.5. The fourth-order valence-corrected chi connectivity index (χ4v) is 2.40. The van der Waals surface area contributed by atoms with Crippen molar-refractivity contribution in [2.24, 2.45) is 0 Å². The average molecular weight is 349 g/mol. The second-order valence-corrected chi connectivity index (χ2v) is 5.41. The van der Waals surface area contributed by atoms with Gasteiger partial charge in [0.25, 0.3) is 11.6 Å². The van der Waals surface area contributed by atoms with Crippen molar-refractivity contribution in [1.29, 1.82) is 5.26 Å². The number of benzene rings is 2. The third-order valence-electron chi connectivity index (χ3n) is 3.67. The van der Waals surface area contributed by atoms with Gasteiger partial charge in [-0.3, -0.25) is 14.9 Å². The molecular weight excluding hydrogens is 338 g/mol. The molecule has 0 aliphatic rings. The van der Waals surface area contributed by atoms with E-state index < -0.39 is 16.5 Å². The van der Waals surface area contributed by atoms with Crippen LogP contribution in [0.5, 0.6) is 0 Å². The van der Waals surface area contributed by atoms with Crippen LogP contribution in [0.15, 0.2) is 57.7 Å². The number of fused-ring (bicyclic) bond motifs is 1. The summed E-state index contributed by atoms with van der Waals surface area (Å²) in [6, 6.07) is 13.6. The summed E-state index contributed by atoms with van der Waals surface area (Å²) in [4.78, 5) is 34.6. The van der Waals surface area contributed by atoms with Crippen molar-refractivity contribution in [1.82, 2.24) is 0 Å². The number of non-ortho nitro benzene ring substituents is 1. The highest BCUT2D eigenvalue weighted by Gasteiger charge is 2.15. The third-order valence-corrected chi connectivity index (χ3v) is 3.67. The van der Waals surface area contributed by atoms with Crippen LogP contribution >= 0.6 is 0 Å². The van der Waals surface area contributed by atoms with E-state index in [1.807, 2.05) is 6.07 Å². The summed E-state index contributed by atoms with van der Waals surface area (Å²) in [6.45, 7) is 0. The Hall–Kier alpha value is -3.99. The molecule has 1 amide bonds. The van der Waals surface area contributed by atoms with Crippen molar-refractivity contribution in [2.75, 3.05) is 5.32 Å². The van der Waals surface area contributed by atoms with Crippen molar-refractivity contribution < 1.29 is 14.1 Å². The lowest BCUT2D eigenvalue weighted by Crippen LogP contribution is -2.15. The number of anilines is 1. The van der Waals surface area contributed by atoms with Crippen molar-refractivity contribution in [3.63, 3.8) is 0 Å². The van der Waals surface area contributed by atoms with Gasteiger partial charge in [-0.2, -0.15) is 5.26 Å². The van der Waals surface area contributed by atoms with Crippen LogP contribution in [0.3, 0.4) is 0 Å². The highest BCUT2D eigenvalue weighted by atomic mass is 16.6. The normalized spacial score (nSPS) is 10.3. The number of nitro groups is 1. The zero-order chi connectivity index (χ0) is 18.7. The first kappa shape index (κ1) is 16.9. The predicted molar refractivity (Wildman–Crippen MR) is 92.9 cm³/mol. The number of nitrogens with one attached hydrogen (secondary N) is 1. The molecule has 3 rings (SSSR count). The Kier molecular flexibility index (Phi) is 4.45. The standard InChI is InChI=1S/C18H11N3O5/c19-8-7-11-1-3-13(4-2-11)20-17(22)16-10-12-9-14(21(24)25)5-6-15(12)18(23)26-16/h1-6,9-10H,7H2,(H,20,22). The van der Waals surface area contributed by atoms with Gasteiger partial charge >= 0.3 is 5.63 Å². The summed E-state index contributed by atoms with van der Waals surface area (Å²) in [7, 11) is 0. The number of nitrogens with zero attached hydrogens (tertiary/aromatic N) is 2. The Morgan fingerprint density at radius 3 is 2.58 bits per heavy atom. The Bertz CT molecular complexity index is 1110. The van der Waals surface area contributed by atoms with Gasteiger partial charge in [0.1, 0.15) is 0 Å². The second kappa shape index (κ2) is 6.86. The topological polar surface area (TPSA) is 126 Å². The van der Waals surface area contributed by atoms with Gasteiger partial charge in [-0.15, -0.1) is 0 Å². The second-order valence-electron chi connectivity index (χ2n) is 5.41. The van der Waals surface area contributed by atoms with Gasteiger partial charge in [-0.25, -0.2) is 4.79 Å². The third kappa shape index (κ3) is 3.42. The van der Waals surface area contributed by atoms with Crippen LogP contribution in [0.4, 0.5) is 11.4 Å². The highest BCUT2D eigenvalue weighted by molar-refractivity contribution is 6.04. The molecule has 0 unspecified atom stereocenters. The number of hydrogen-bond donors (Lipinski definition) is 1. The van der Waals surface area contributed by atoms with Gasteiger partial charge in [-0.1, -0.05) is 12.1 Å². The summed E-state index contributed by atoms with van der Waals surface area (Å²) >= 11 is 0. The zero-order valence-electron chi connectivity index (χ0n) is 13.3. The van der Waals surface area contributed by atoms with E-state index in [0.717, 1.165) is 5.56 Å². The summed E-state index contributed by atoms with van der Waals surface area (Å²) in [6.07, 6.45) is 0.257. The van der Waals surface area contributed by atoms with Gasteiger partial charge in [0.15, 0.2) is 5.76 Å². The molecule has 0 bridgehead atoms. The first-order valence-electron chi connectivity index (χ1n) is 7.47. The summed E-state index contributed by atoms with van der Waals surface area (Å²) in [5, 5.41) is 22.5. The maximum absolute atomic E-state index is 12.3. The molecule has 3 aromatic rings. The van der Waals surface area contributed by atoms with E-state index in [-0.39, 0.29) is 28.6 Å². The molecule has 8 nitrogen and oxygen atoms in total. The summed E-state index contributed by atoms with van der Waals surface area (Å²) in [5.74, 6) is -0.923. The van der Waals surface area contributed by atoms with Crippen molar-refractivity contribution in [3.05, 3.63) is 80.4 Å². The van der Waals surface area contributed by atoms with E-state index in [0.29, 0.717) is 5.69 Å². The molecule has 0 saturated carbocycles. The van der Waals surface area contributed by atoms with E-state index in [9.17, 15) is 19.7 Å². The molecule has 26 heavy (non-hydrogen) atoms. The minimum absolute atomic E-state index is 0.146. The minimum Gasteiger partial charge on any atom is -0.417 e. The van der Waals surface area contributed by atoms with Crippen molar-refractivity contribution >= 4 is 28.1 Å². The first-order valence-corrected chi connectivity index (χ1v) is 7.47. The van der Waals surface area contributed by atoms with E-state index >= 15 is 0 Å². The molecule has 0 radical (unpaired) electrons. The summed E-state index contributed by atoms with van der Waals surface area (Å²) < 4.78 is 5.01. The summed E-state index contributed by atoms with van der Waals surface area (Å²) in [5.41, 5.74) is 0.308. The lowest BCUT2D eigenvalue weighted by molar-refractivity contribution is -0.384. The smallest absolute Gasteiger partial charge is 0.344 e. The fourth-order valence-electron chi connectivity index (χ4n) is 2.40. The quantitative estimate of drug-likeness (QED) is 0.570. The van der Waals surface area contributed by atoms with Crippen LogP contribution in [0.2, 0.25) is 0 Å². The number of amides is 1. The molecular formula is C18H11N3O5. The van der Waals surface area contributed by atoms with Crippen LogP contribution < -0.4 is 10.9 Å². The number of rotatable bonds is 4. The van der Waals surface area contributed by atoms with E-state index in [2.05, 4.69) is 5.32 Å². The molecule has 0 aliphatic heterocycles. The molecule has 1 heterocycles. The predicted octanol–water partition coefficient (Wildman–Crippen LogP) is 3.02. The molecule has 0 atom stereocenters. The van der Waals surface area contributed by atoms with E-state index in [4.69, 9.17) is 9.68 Å². The number of nitriles is 1. The molecule has 2 aromatic carbocycles. The molecule has 8 heteroatoms. The Labute approximate surface area is 146 Å². The average Bonchev–Trinajstić information content (AvgIpc) is 2.63. The maximum Gasteiger partial charge on any atom is 0.344 e. The zero-order valence-corrected chi connectivity index (χ0v) is 13.3. The number of nitro benzene ring substituents is 1. The van der Waals surface area contributed by atoms with Crippen LogP contribution in [-0.2, 0) is 6.42 Å². The van der Waals surface area contributed by atoms with Gasteiger partial charge in [-0.05, 0) is 35.2 Å². The van der Waals surface area contributed by atoms with E-state index in [1.165, 1.54) is 24.3 Å². The molecule has 128 valence electrons. The van der Waals surface area contributed by atoms with Gasteiger partial charge in [0.2, 0.25) is 0 Å². The molecule has 1 aromatic heterocycles. The van der Waals surface area contributed by atoms with Crippen molar-refractivity contribution in [3.8, 4) is 6.07 Å². The maximum atomic E-state index is 12.3. The van der Waals surface area contributed by atoms with Crippen molar-refractivity contribution in [2.45, 2.75) is 6.42 Å². The molecule has 0 saturated heterocycles. The van der Waals surface area contributed by atoms with Crippen LogP contribution in [0.25, 0.3) is 10.8 Å². The molecule has 0 aliphatic carbocycles. The Morgan fingerprint density at radius 1 is 1.19 bits per heavy atom. The monoisotopic (exact) mass is 349 g/mol. The highest BCUT2D eigenvalue weighted by Crippen LogP contribution is 2.20. The van der Waals surface area contributed by atoms with Gasteiger partial charge in [0.05, 0.1) is 22.8 Å². The largest absolute Gasteiger partial charge is 0.417 e.